The van der Waals surface area contributed by atoms with Crippen LogP contribution in [-0.4, -0.2) is 34.8 Å². The fourth-order valence-corrected chi connectivity index (χ4v) is 4.19. The van der Waals surface area contributed by atoms with Crippen LogP contribution in [0, 0.1) is 5.82 Å². The molecule has 1 aliphatic carbocycles. The lowest BCUT2D eigenvalue weighted by Gasteiger charge is -2.34. The molecule has 0 atom stereocenters. The van der Waals surface area contributed by atoms with Crippen LogP contribution in [0.1, 0.15) is 28.8 Å². The molecular weight excluding hydrogens is 429 g/mol. The number of fused-ring (bicyclic) bond motifs is 3. The summed E-state index contributed by atoms with van der Waals surface area (Å²) >= 11 is 3.47. The van der Waals surface area contributed by atoms with Crippen LogP contribution in [0.5, 0.6) is 0 Å². The van der Waals surface area contributed by atoms with Crippen molar-refractivity contribution in [2.75, 3.05) is 18.4 Å². The molecular formula is C20H15BrFN3O3. The first kappa shape index (κ1) is 17.4. The molecule has 5 rings (SSSR count). The first-order valence-corrected chi connectivity index (χ1v) is 9.68. The lowest BCUT2D eigenvalue weighted by Crippen LogP contribution is -2.46. The molecule has 2 aromatic carbocycles. The molecule has 8 heteroatoms. The second kappa shape index (κ2) is 6.13. The number of anilines is 1. The average molecular weight is 444 g/mol. The topological polar surface area (TPSA) is 75.4 Å². The Morgan fingerprint density at radius 2 is 2.11 bits per heavy atom. The Labute approximate surface area is 167 Å². The van der Waals surface area contributed by atoms with E-state index in [0.29, 0.717) is 17.6 Å². The third-order valence-corrected chi connectivity index (χ3v) is 5.84. The molecule has 1 fully saturated rings. The van der Waals surface area contributed by atoms with Crippen molar-refractivity contribution < 1.29 is 18.4 Å². The van der Waals surface area contributed by atoms with Crippen LogP contribution >= 0.6 is 15.9 Å². The van der Waals surface area contributed by atoms with Crippen molar-refractivity contribution in [2.24, 2.45) is 0 Å². The number of benzene rings is 2. The zero-order chi connectivity index (χ0) is 19.5. The molecule has 0 radical (unpaired) electrons. The lowest BCUT2D eigenvalue weighted by atomic mass is 9.86. The van der Waals surface area contributed by atoms with Crippen molar-refractivity contribution in [1.82, 2.24) is 9.88 Å². The van der Waals surface area contributed by atoms with Gasteiger partial charge in [0.15, 0.2) is 5.58 Å². The molecule has 2 heterocycles. The number of hydrogen-bond acceptors (Lipinski definition) is 4. The normalized spacial score (nSPS) is 17.1. The first-order chi connectivity index (χ1) is 13.4. The Hall–Kier alpha value is -2.74. The van der Waals surface area contributed by atoms with Gasteiger partial charge < -0.3 is 9.32 Å². The van der Waals surface area contributed by atoms with Crippen LogP contribution in [0.25, 0.3) is 11.1 Å². The molecule has 1 aromatic heterocycles. The van der Waals surface area contributed by atoms with Gasteiger partial charge in [-0.2, -0.15) is 4.98 Å². The summed E-state index contributed by atoms with van der Waals surface area (Å²) in [6.07, 6.45) is 2.00. The highest BCUT2D eigenvalue weighted by atomic mass is 79.9. The van der Waals surface area contributed by atoms with Crippen molar-refractivity contribution in [3.05, 3.63) is 57.8 Å². The van der Waals surface area contributed by atoms with E-state index in [4.69, 9.17) is 4.42 Å². The Morgan fingerprint density at radius 1 is 1.29 bits per heavy atom. The van der Waals surface area contributed by atoms with Gasteiger partial charge in [0.1, 0.15) is 17.9 Å². The maximum absolute atomic E-state index is 13.3. The summed E-state index contributed by atoms with van der Waals surface area (Å²) in [6.45, 7) is 0.421. The quantitative estimate of drug-likeness (QED) is 0.666. The Bertz CT molecular complexity index is 1140. The fraction of sp³-hybridized carbons (Fsp3) is 0.250. The highest BCUT2D eigenvalue weighted by Crippen LogP contribution is 2.52. The van der Waals surface area contributed by atoms with Crippen molar-refractivity contribution in [1.29, 1.82) is 0 Å². The van der Waals surface area contributed by atoms with Gasteiger partial charge in [-0.25, -0.2) is 4.39 Å². The van der Waals surface area contributed by atoms with Gasteiger partial charge in [0.05, 0.1) is 0 Å². The summed E-state index contributed by atoms with van der Waals surface area (Å²) in [5.41, 5.74) is 2.35. The van der Waals surface area contributed by atoms with Crippen molar-refractivity contribution in [3.8, 4) is 0 Å². The van der Waals surface area contributed by atoms with Crippen molar-refractivity contribution in [2.45, 2.75) is 18.3 Å². The summed E-state index contributed by atoms with van der Waals surface area (Å²) in [5, 5.41) is 2.56. The smallest absolute Gasteiger partial charge is 0.302 e. The van der Waals surface area contributed by atoms with E-state index in [-0.39, 0.29) is 29.5 Å². The van der Waals surface area contributed by atoms with E-state index < -0.39 is 11.7 Å². The highest BCUT2D eigenvalue weighted by molar-refractivity contribution is 9.10. The minimum atomic E-state index is -0.444. The zero-order valence-electron chi connectivity index (χ0n) is 14.7. The first-order valence-electron chi connectivity index (χ1n) is 8.89. The van der Waals surface area contributed by atoms with Gasteiger partial charge in [-0.15, -0.1) is 0 Å². The van der Waals surface area contributed by atoms with Crippen LogP contribution in [-0.2, 0) is 10.2 Å². The predicted octanol–water partition coefficient (Wildman–Crippen LogP) is 3.86. The van der Waals surface area contributed by atoms with E-state index in [1.807, 2.05) is 12.1 Å². The third kappa shape index (κ3) is 2.88. The summed E-state index contributed by atoms with van der Waals surface area (Å²) in [4.78, 5) is 31.0. The largest absolute Gasteiger partial charge is 0.423 e. The fourth-order valence-electron chi connectivity index (χ4n) is 3.82. The number of nitrogens with one attached hydrogen (secondary N) is 1. The number of oxazole rings is 1. The van der Waals surface area contributed by atoms with Gasteiger partial charge in [-0.05, 0) is 48.7 Å². The van der Waals surface area contributed by atoms with E-state index >= 15 is 0 Å². The number of carbonyl (C=O) groups excluding carboxylic acids is 2. The number of amides is 2. The third-order valence-electron chi connectivity index (χ3n) is 5.35. The van der Waals surface area contributed by atoms with Gasteiger partial charge in [0, 0.05) is 28.1 Å². The molecule has 28 heavy (non-hydrogen) atoms. The predicted molar refractivity (Wildman–Crippen MR) is 104 cm³/mol. The zero-order valence-corrected chi connectivity index (χ0v) is 16.3. The van der Waals surface area contributed by atoms with E-state index in [9.17, 15) is 14.0 Å². The monoisotopic (exact) mass is 443 g/mol. The number of rotatable bonds is 3. The summed E-state index contributed by atoms with van der Waals surface area (Å²) < 4.78 is 19.6. The van der Waals surface area contributed by atoms with Crippen LogP contribution < -0.4 is 5.32 Å². The number of carbonyl (C=O) groups is 2. The van der Waals surface area contributed by atoms with E-state index in [0.717, 1.165) is 22.9 Å². The number of halogens is 2. The number of hydrogen-bond donors (Lipinski definition) is 1. The molecule has 2 amide bonds. The minimum Gasteiger partial charge on any atom is -0.423 e. The van der Waals surface area contributed by atoms with Gasteiger partial charge in [0.25, 0.3) is 5.91 Å². The van der Waals surface area contributed by atoms with E-state index in [2.05, 4.69) is 26.2 Å². The van der Waals surface area contributed by atoms with E-state index in [1.165, 1.54) is 18.2 Å². The Morgan fingerprint density at radius 3 is 2.89 bits per heavy atom. The highest BCUT2D eigenvalue weighted by Gasteiger charge is 2.51. The SMILES string of the molecule is O=C(CN1CC2(CC2)c2cc(Br)ccc2C1=O)Nc1nc2ccc(F)cc2o1. The molecule has 1 spiro atoms. The van der Waals surface area contributed by atoms with Gasteiger partial charge >= 0.3 is 6.01 Å². The van der Waals surface area contributed by atoms with Crippen LogP contribution in [0.3, 0.4) is 0 Å². The van der Waals surface area contributed by atoms with Gasteiger partial charge in [0.2, 0.25) is 5.91 Å². The molecule has 1 aliphatic heterocycles. The van der Waals surface area contributed by atoms with Crippen molar-refractivity contribution in [3.63, 3.8) is 0 Å². The summed E-state index contributed by atoms with van der Waals surface area (Å²) in [5.74, 6) is -1.01. The molecule has 1 N–H and O–H groups in total. The van der Waals surface area contributed by atoms with Crippen molar-refractivity contribution >= 4 is 44.9 Å². The molecule has 142 valence electrons. The van der Waals surface area contributed by atoms with Gasteiger partial charge in [-0.1, -0.05) is 15.9 Å². The maximum Gasteiger partial charge on any atom is 0.302 e. The Kier molecular flexibility index (Phi) is 3.80. The van der Waals surface area contributed by atoms with Crippen LogP contribution in [0.15, 0.2) is 45.3 Å². The second-order valence-corrected chi connectivity index (χ2v) is 8.23. The molecule has 1 saturated carbocycles. The maximum atomic E-state index is 13.3. The molecule has 0 bridgehead atoms. The molecule has 2 aliphatic rings. The van der Waals surface area contributed by atoms with Crippen LogP contribution in [0.2, 0.25) is 0 Å². The van der Waals surface area contributed by atoms with E-state index in [1.54, 1.807) is 11.0 Å². The molecule has 6 nitrogen and oxygen atoms in total. The molecule has 3 aromatic rings. The summed E-state index contributed by atoms with van der Waals surface area (Å²) in [6, 6.07) is 9.60. The van der Waals surface area contributed by atoms with Crippen LogP contribution in [0.4, 0.5) is 10.4 Å². The molecule has 0 saturated heterocycles. The Balaban J connectivity index is 1.35. The summed E-state index contributed by atoms with van der Waals surface area (Å²) in [7, 11) is 0. The number of aromatic nitrogens is 1. The van der Waals surface area contributed by atoms with Gasteiger partial charge in [-0.3, -0.25) is 14.9 Å². The lowest BCUT2D eigenvalue weighted by molar-refractivity contribution is -0.117. The second-order valence-electron chi connectivity index (χ2n) is 7.31. The average Bonchev–Trinajstić information content (AvgIpc) is 3.31. The standard InChI is InChI=1S/C20H15BrFN3O3/c21-11-1-3-13-14(7-11)20(5-6-20)10-25(18(13)27)9-17(26)24-19-23-15-4-2-12(22)8-16(15)28-19/h1-4,7-8H,5-6,9-10H2,(H,23,24,26). The number of nitrogens with zero attached hydrogens (tertiary/aromatic N) is 2. The minimum absolute atomic E-state index is 0.0134. The molecule has 0 unspecified atom stereocenters.